The van der Waals surface area contributed by atoms with Crippen LogP contribution >= 0.6 is 0 Å². The number of allylic oxidation sites excluding steroid dienone is 1. The Kier molecular flexibility index (Phi) is 5.64. The predicted molar refractivity (Wildman–Crippen MR) is 48.9 cm³/mol. The first-order valence-electron chi connectivity index (χ1n) is 3.99. The molecule has 0 aromatic heterocycles. The fourth-order valence-corrected chi connectivity index (χ4v) is 1.75. The molecule has 0 amide bonds. The first-order chi connectivity index (χ1) is 4.66. The van der Waals surface area contributed by atoms with Crippen LogP contribution in [0.4, 0.5) is 0 Å². The van der Waals surface area contributed by atoms with Crippen LogP contribution in [0.15, 0.2) is 12.2 Å². The van der Waals surface area contributed by atoms with E-state index in [1.54, 1.807) is 0 Å². The van der Waals surface area contributed by atoms with E-state index in [1.807, 2.05) is 0 Å². The van der Waals surface area contributed by atoms with Crippen molar-refractivity contribution in [3.63, 3.8) is 0 Å². The summed E-state index contributed by atoms with van der Waals surface area (Å²) in [6, 6.07) is 0. The largest absolute Gasteiger partial charge is 0.415 e. The standard InChI is InChI=1S/C8H18OSi/c1-5-6-7-8(2)9-10(3)4/h6-8,10H,5H2,1-4H3. The molecule has 0 aromatic carbocycles. The maximum absolute atomic E-state index is 5.60. The van der Waals surface area contributed by atoms with Crippen LogP contribution in [-0.2, 0) is 4.43 Å². The molecule has 0 aliphatic carbocycles. The minimum atomic E-state index is -0.822. The van der Waals surface area contributed by atoms with Crippen molar-refractivity contribution in [1.82, 2.24) is 0 Å². The molecule has 1 atom stereocenters. The van der Waals surface area contributed by atoms with Crippen molar-refractivity contribution in [2.45, 2.75) is 39.5 Å². The lowest BCUT2D eigenvalue weighted by Gasteiger charge is -2.10. The summed E-state index contributed by atoms with van der Waals surface area (Å²) in [5.41, 5.74) is 0. The third-order valence-electron chi connectivity index (χ3n) is 1.13. The van der Waals surface area contributed by atoms with Crippen molar-refractivity contribution < 1.29 is 4.43 Å². The van der Waals surface area contributed by atoms with Crippen molar-refractivity contribution in [1.29, 1.82) is 0 Å². The van der Waals surface area contributed by atoms with Gasteiger partial charge in [0.05, 0.1) is 6.10 Å². The molecule has 1 nitrogen and oxygen atoms in total. The average Bonchev–Trinajstić information content (AvgIpc) is 1.82. The van der Waals surface area contributed by atoms with Gasteiger partial charge in [0, 0.05) is 0 Å². The molecule has 0 aliphatic rings. The van der Waals surface area contributed by atoms with Crippen LogP contribution < -0.4 is 0 Å². The zero-order chi connectivity index (χ0) is 7.98. The second kappa shape index (κ2) is 5.68. The van der Waals surface area contributed by atoms with E-state index in [1.165, 1.54) is 0 Å². The summed E-state index contributed by atoms with van der Waals surface area (Å²) in [5.74, 6) is 0. The molecular formula is C8H18OSi. The van der Waals surface area contributed by atoms with Crippen molar-refractivity contribution in [2.75, 3.05) is 0 Å². The van der Waals surface area contributed by atoms with Crippen molar-refractivity contribution in [3.05, 3.63) is 12.2 Å². The first-order valence-corrected chi connectivity index (χ1v) is 6.77. The van der Waals surface area contributed by atoms with Crippen LogP contribution in [0.1, 0.15) is 20.3 Å². The highest BCUT2D eigenvalue weighted by molar-refractivity contribution is 6.48. The Balaban J connectivity index is 3.42. The average molecular weight is 158 g/mol. The molecule has 0 fully saturated rings. The molecule has 0 radical (unpaired) electrons. The summed E-state index contributed by atoms with van der Waals surface area (Å²) in [6.07, 6.45) is 5.72. The molecule has 0 saturated heterocycles. The highest BCUT2D eigenvalue weighted by atomic mass is 28.3. The third-order valence-corrected chi connectivity index (χ3v) is 2.10. The van der Waals surface area contributed by atoms with Crippen LogP contribution in [0.5, 0.6) is 0 Å². The van der Waals surface area contributed by atoms with Crippen molar-refractivity contribution in [3.8, 4) is 0 Å². The van der Waals surface area contributed by atoms with Gasteiger partial charge in [-0.1, -0.05) is 19.1 Å². The highest BCUT2D eigenvalue weighted by Gasteiger charge is 1.99. The Labute approximate surface area is 65.8 Å². The lowest BCUT2D eigenvalue weighted by molar-refractivity contribution is 0.276. The van der Waals surface area contributed by atoms with E-state index in [-0.39, 0.29) is 0 Å². The quantitative estimate of drug-likeness (QED) is 0.451. The number of rotatable bonds is 4. The van der Waals surface area contributed by atoms with Gasteiger partial charge in [0.25, 0.3) is 0 Å². The molecule has 0 N–H and O–H groups in total. The predicted octanol–water partition coefficient (Wildman–Crippen LogP) is 2.34. The SMILES string of the molecule is CCC=CC(C)O[SiH](C)C. The number of hydrogen-bond donors (Lipinski definition) is 0. The molecule has 0 aromatic rings. The first kappa shape index (κ1) is 9.92. The molecule has 0 bridgehead atoms. The van der Waals surface area contributed by atoms with Crippen LogP contribution in [-0.4, -0.2) is 15.1 Å². The minimum absolute atomic E-state index is 0.326. The third kappa shape index (κ3) is 6.04. The fourth-order valence-electron chi connectivity index (χ4n) is 0.802. The summed E-state index contributed by atoms with van der Waals surface area (Å²) in [5, 5.41) is 0. The van der Waals surface area contributed by atoms with Crippen molar-refractivity contribution >= 4 is 9.04 Å². The lowest BCUT2D eigenvalue weighted by atomic mass is 10.3. The van der Waals surface area contributed by atoms with Gasteiger partial charge >= 0.3 is 0 Å². The van der Waals surface area contributed by atoms with Gasteiger partial charge in [-0.05, 0) is 26.4 Å². The summed E-state index contributed by atoms with van der Waals surface area (Å²) >= 11 is 0. The van der Waals surface area contributed by atoms with E-state index in [0.717, 1.165) is 6.42 Å². The summed E-state index contributed by atoms with van der Waals surface area (Å²) < 4.78 is 5.60. The smallest absolute Gasteiger partial charge is 0.171 e. The fraction of sp³-hybridized carbons (Fsp3) is 0.750. The molecule has 10 heavy (non-hydrogen) atoms. The zero-order valence-electron chi connectivity index (χ0n) is 7.42. The van der Waals surface area contributed by atoms with Gasteiger partial charge in [0.1, 0.15) is 0 Å². The summed E-state index contributed by atoms with van der Waals surface area (Å²) in [6.45, 7) is 8.61. The molecule has 0 rings (SSSR count). The Morgan fingerprint density at radius 2 is 2.10 bits per heavy atom. The number of hydrogen-bond acceptors (Lipinski definition) is 1. The van der Waals surface area contributed by atoms with Crippen LogP contribution in [0.2, 0.25) is 13.1 Å². The van der Waals surface area contributed by atoms with Gasteiger partial charge in [-0.25, -0.2) is 0 Å². The molecule has 0 aliphatic heterocycles. The normalized spacial score (nSPS) is 14.9. The van der Waals surface area contributed by atoms with Crippen LogP contribution in [0.3, 0.4) is 0 Å². The Morgan fingerprint density at radius 1 is 1.50 bits per heavy atom. The van der Waals surface area contributed by atoms with Gasteiger partial charge in [0.15, 0.2) is 9.04 Å². The van der Waals surface area contributed by atoms with Gasteiger partial charge in [-0.15, -0.1) is 0 Å². The topological polar surface area (TPSA) is 9.23 Å². The second-order valence-corrected chi connectivity index (χ2v) is 5.10. The Bertz CT molecular complexity index is 99.4. The van der Waals surface area contributed by atoms with E-state index < -0.39 is 9.04 Å². The van der Waals surface area contributed by atoms with E-state index >= 15 is 0 Å². The van der Waals surface area contributed by atoms with Gasteiger partial charge in [0.2, 0.25) is 0 Å². The van der Waals surface area contributed by atoms with E-state index in [9.17, 15) is 0 Å². The second-order valence-electron chi connectivity index (χ2n) is 2.73. The van der Waals surface area contributed by atoms with Gasteiger partial charge in [-0.3, -0.25) is 0 Å². The molecule has 0 saturated carbocycles. The monoisotopic (exact) mass is 158 g/mol. The molecular weight excluding hydrogens is 140 g/mol. The van der Waals surface area contributed by atoms with Gasteiger partial charge in [-0.2, -0.15) is 0 Å². The molecule has 1 unspecified atom stereocenters. The lowest BCUT2D eigenvalue weighted by Crippen LogP contribution is -2.15. The van der Waals surface area contributed by atoms with E-state index in [4.69, 9.17) is 4.43 Å². The van der Waals surface area contributed by atoms with E-state index in [2.05, 4.69) is 39.1 Å². The van der Waals surface area contributed by atoms with Crippen molar-refractivity contribution in [2.24, 2.45) is 0 Å². The summed E-state index contributed by atoms with van der Waals surface area (Å²) in [4.78, 5) is 0. The highest BCUT2D eigenvalue weighted by Crippen LogP contribution is 1.96. The minimum Gasteiger partial charge on any atom is -0.415 e. The Morgan fingerprint density at radius 3 is 2.50 bits per heavy atom. The maximum Gasteiger partial charge on any atom is 0.171 e. The van der Waals surface area contributed by atoms with Gasteiger partial charge < -0.3 is 4.43 Å². The molecule has 0 spiro atoms. The summed E-state index contributed by atoms with van der Waals surface area (Å²) in [7, 11) is -0.822. The molecule has 2 heteroatoms. The Hall–Kier alpha value is -0.0831. The molecule has 60 valence electrons. The van der Waals surface area contributed by atoms with Crippen LogP contribution in [0.25, 0.3) is 0 Å². The molecule has 0 heterocycles. The van der Waals surface area contributed by atoms with E-state index in [0.29, 0.717) is 6.10 Å². The van der Waals surface area contributed by atoms with Crippen LogP contribution in [0, 0.1) is 0 Å². The zero-order valence-corrected chi connectivity index (χ0v) is 8.58. The maximum atomic E-state index is 5.60.